The Morgan fingerprint density at radius 1 is 1.19 bits per heavy atom. The smallest absolute Gasteiger partial charge is 0.415 e. The number of carbonyl (C=O) groups excluding carboxylic acids is 1. The summed E-state index contributed by atoms with van der Waals surface area (Å²) in [6.07, 6.45) is 5.67. The lowest BCUT2D eigenvalue weighted by Gasteiger charge is -2.18. The van der Waals surface area contributed by atoms with Gasteiger partial charge in [0.05, 0.1) is 11.0 Å². The number of nitro groups is 2. The van der Waals surface area contributed by atoms with E-state index < -0.39 is 28.1 Å². The molecule has 1 rings (SSSR count). The largest absolute Gasteiger partial charge is 0.418 e. The van der Waals surface area contributed by atoms with Crippen LogP contribution in [0.3, 0.4) is 0 Å². The molecule has 0 saturated heterocycles. The molecule has 0 heterocycles. The van der Waals surface area contributed by atoms with Crippen molar-refractivity contribution in [3.63, 3.8) is 0 Å². The molecule has 0 N–H and O–H groups in total. The van der Waals surface area contributed by atoms with Crippen molar-refractivity contribution in [3.05, 3.63) is 61.8 Å². The molecule has 0 fully saturated rings. The van der Waals surface area contributed by atoms with Crippen LogP contribution in [0.15, 0.2) is 36.0 Å². The Bertz CT molecular complexity index is 671. The Hall–Kier alpha value is -2.77. The molecule has 142 valence electrons. The van der Waals surface area contributed by atoms with Gasteiger partial charge in [-0.05, 0) is 30.4 Å². The fourth-order valence-electron chi connectivity index (χ4n) is 2.68. The van der Waals surface area contributed by atoms with E-state index in [1.165, 1.54) is 0 Å². The van der Waals surface area contributed by atoms with Gasteiger partial charge in [0.2, 0.25) is 6.54 Å². The first-order valence-corrected chi connectivity index (χ1v) is 8.68. The van der Waals surface area contributed by atoms with Gasteiger partial charge >= 0.3 is 11.7 Å². The van der Waals surface area contributed by atoms with E-state index in [-0.39, 0.29) is 11.7 Å². The molecular formula is C18H24N2O6. The molecule has 8 nitrogen and oxygen atoms in total. The van der Waals surface area contributed by atoms with E-state index in [0.717, 1.165) is 37.7 Å². The highest BCUT2D eigenvalue weighted by atomic mass is 16.6. The van der Waals surface area contributed by atoms with E-state index in [9.17, 15) is 25.0 Å². The molecule has 26 heavy (non-hydrogen) atoms. The van der Waals surface area contributed by atoms with Crippen LogP contribution in [-0.4, -0.2) is 22.4 Å². The fourth-order valence-corrected chi connectivity index (χ4v) is 2.68. The molecule has 0 amide bonds. The molecule has 1 atom stereocenters. The quantitative estimate of drug-likeness (QED) is 0.146. The normalized spacial score (nSPS) is 12.5. The summed E-state index contributed by atoms with van der Waals surface area (Å²) < 4.78 is 5.22. The number of hydrogen-bond acceptors (Lipinski definition) is 6. The summed E-state index contributed by atoms with van der Waals surface area (Å²) in [6, 6.07) is 6.93. The molecule has 0 aliphatic heterocycles. The average Bonchev–Trinajstić information content (AvgIpc) is 2.59. The zero-order valence-electron chi connectivity index (χ0n) is 15.1. The van der Waals surface area contributed by atoms with Crippen LogP contribution < -0.4 is 4.74 Å². The van der Waals surface area contributed by atoms with Crippen LogP contribution in [0.5, 0.6) is 5.75 Å². The van der Waals surface area contributed by atoms with Gasteiger partial charge in [-0.15, -0.1) is 0 Å². The van der Waals surface area contributed by atoms with Crippen molar-refractivity contribution in [1.29, 1.82) is 0 Å². The van der Waals surface area contributed by atoms with Crippen LogP contribution >= 0.6 is 0 Å². The van der Waals surface area contributed by atoms with Gasteiger partial charge in [0.25, 0.3) is 0 Å². The Labute approximate surface area is 152 Å². The molecule has 1 unspecified atom stereocenters. The highest BCUT2D eigenvalue weighted by Gasteiger charge is 2.27. The molecule has 0 bridgehead atoms. The highest BCUT2D eigenvalue weighted by molar-refractivity contribution is 5.87. The van der Waals surface area contributed by atoms with Crippen LogP contribution in [0.1, 0.15) is 57.4 Å². The number of esters is 1. The van der Waals surface area contributed by atoms with Crippen molar-refractivity contribution in [1.82, 2.24) is 0 Å². The maximum atomic E-state index is 12.1. The Balaban J connectivity index is 3.01. The summed E-state index contributed by atoms with van der Waals surface area (Å²) in [5.41, 5.74) is -0.119. The number of carbonyl (C=O) groups is 1. The summed E-state index contributed by atoms with van der Waals surface area (Å²) in [6.45, 7) is 3.34. The lowest BCUT2D eigenvalue weighted by molar-refractivity contribution is -0.472. The number of unbranched alkanes of at least 4 members (excludes halogenated alkanes) is 2. The van der Waals surface area contributed by atoms with Gasteiger partial charge in [-0.3, -0.25) is 20.2 Å². The number of rotatable bonds is 11. The van der Waals surface area contributed by atoms with E-state index >= 15 is 0 Å². The maximum absolute atomic E-state index is 12.1. The SMILES string of the molecule is CCCCCC(CC)c1ccccc1OC(=O)C(=CC[N+](=O)[O-])[N+](=O)[O-]. The van der Waals surface area contributed by atoms with Crippen LogP contribution in [0.2, 0.25) is 0 Å². The van der Waals surface area contributed by atoms with Gasteiger partial charge in [0, 0.05) is 4.92 Å². The molecule has 0 aliphatic carbocycles. The van der Waals surface area contributed by atoms with E-state index in [4.69, 9.17) is 4.74 Å². The van der Waals surface area contributed by atoms with Gasteiger partial charge < -0.3 is 4.74 Å². The van der Waals surface area contributed by atoms with E-state index in [1.807, 2.05) is 19.1 Å². The van der Waals surface area contributed by atoms with Crippen molar-refractivity contribution >= 4 is 5.97 Å². The molecule has 1 aromatic rings. The zero-order chi connectivity index (χ0) is 19.5. The number of ether oxygens (including phenoxy) is 1. The second-order valence-electron chi connectivity index (χ2n) is 5.89. The lowest BCUT2D eigenvalue weighted by atomic mass is 9.90. The summed E-state index contributed by atoms with van der Waals surface area (Å²) in [5, 5.41) is 21.4. The molecule has 0 aromatic heterocycles. The Kier molecular flexibility index (Phi) is 8.97. The van der Waals surface area contributed by atoms with Crippen molar-refractivity contribution in [2.24, 2.45) is 0 Å². The predicted octanol–water partition coefficient (Wildman–Crippen LogP) is 4.10. The Morgan fingerprint density at radius 3 is 2.46 bits per heavy atom. The molecule has 0 spiro atoms. The third-order valence-electron chi connectivity index (χ3n) is 4.05. The zero-order valence-corrected chi connectivity index (χ0v) is 15.1. The molecule has 0 saturated carbocycles. The minimum absolute atomic E-state index is 0.173. The number of nitrogens with zero attached hydrogens (tertiary/aromatic N) is 2. The fraction of sp³-hybridized carbons (Fsp3) is 0.500. The van der Waals surface area contributed by atoms with Crippen molar-refractivity contribution in [2.45, 2.75) is 51.9 Å². The van der Waals surface area contributed by atoms with Crippen LogP contribution in [0.25, 0.3) is 0 Å². The first-order valence-electron chi connectivity index (χ1n) is 8.68. The van der Waals surface area contributed by atoms with E-state index in [0.29, 0.717) is 6.08 Å². The summed E-state index contributed by atoms with van der Waals surface area (Å²) in [7, 11) is 0. The third kappa shape index (κ3) is 6.62. The third-order valence-corrected chi connectivity index (χ3v) is 4.05. The van der Waals surface area contributed by atoms with Gasteiger partial charge in [0.15, 0.2) is 0 Å². The van der Waals surface area contributed by atoms with Crippen LogP contribution in [0.4, 0.5) is 0 Å². The Morgan fingerprint density at radius 2 is 1.88 bits per heavy atom. The lowest BCUT2D eigenvalue weighted by Crippen LogP contribution is -2.19. The van der Waals surface area contributed by atoms with Crippen molar-refractivity contribution < 1.29 is 19.4 Å². The molecule has 8 heteroatoms. The molecular weight excluding hydrogens is 340 g/mol. The van der Waals surface area contributed by atoms with Crippen LogP contribution in [-0.2, 0) is 4.79 Å². The van der Waals surface area contributed by atoms with Gasteiger partial charge in [-0.1, -0.05) is 51.3 Å². The van der Waals surface area contributed by atoms with Crippen LogP contribution in [0, 0.1) is 20.2 Å². The number of hydrogen-bond donors (Lipinski definition) is 0. The van der Waals surface area contributed by atoms with Crippen molar-refractivity contribution in [2.75, 3.05) is 6.54 Å². The minimum atomic E-state index is -1.20. The summed E-state index contributed by atoms with van der Waals surface area (Å²) in [5.74, 6) is -0.769. The van der Waals surface area contributed by atoms with Gasteiger partial charge in [0.1, 0.15) is 5.75 Å². The van der Waals surface area contributed by atoms with E-state index in [2.05, 4.69) is 6.92 Å². The van der Waals surface area contributed by atoms with Gasteiger partial charge in [-0.25, -0.2) is 4.79 Å². The van der Waals surface area contributed by atoms with E-state index in [1.54, 1.807) is 12.1 Å². The first kappa shape index (κ1) is 21.3. The number of para-hydroxylation sites is 1. The second kappa shape index (κ2) is 11.0. The predicted molar refractivity (Wildman–Crippen MR) is 96.2 cm³/mol. The number of benzene rings is 1. The van der Waals surface area contributed by atoms with Gasteiger partial charge in [-0.2, -0.15) is 0 Å². The maximum Gasteiger partial charge on any atom is 0.415 e. The molecule has 0 aliphatic rings. The monoisotopic (exact) mass is 364 g/mol. The first-order chi connectivity index (χ1) is 12.4. The molecule has 0 radical (unpaired) electrons. The molecule has 1 aromatic carbocycles. The topological polar surface area (TPSA) is 113 Å². The average molecular weight is 364 g/mol. The summed E-state index contributed by atoms with van der Waals surface area (Å²) in [4.78, 5) is 31.8. The second-order valence-corrected chi connectivity index (χ2v) is 5.89. The standard InChI is InChI=1S/C18H24N2O6/c1-3-5-6-9-14(4-2)15-10-7-8-11-17(15)26-18(21)16(20(24)25)12-13-19(22)23/h7-8,10-12,14H,3-6,9,13H2,1-2H3. The van der Waals surface area contributed by atoms with Crippen molar-refractivity contribution in [3.8, 4) is 5.75 Å². The minimum Gasteiger partial charge on any atom is -0.418 e. The summed E-state index contributed by atoms with van der Waals surface area (Å²) >= 11 is 0. The highest BCUT2D eigenvalue weighted by Crippen LogP contribution is 2.33.